The van der Waals surface area contributed by atoms with Gasteiger partial charge < -0.3 is 19.1 Å². The average Bonchev–Trinajstić information content (AvgIpc) is 3.49. The van der Waals surface area contributed by atoms with Gasteiger partial charge in [0.05, 0.1) is 12.1 Å². The van der Waals surface area contributed by atoms with Gasteiger partial charge in [-0.25, -0.2) is 4.98 Å². The molecule has 2 atom stereocenters. The van der Waals surface area contributed by atoms with Gasteiger partial charge in [-0.3, -0.25) is 4.79 Å². The normalized spacial score (nSPS) is 20.8. The van der Waals surface area contributed by atoms with Crippen LogP contribution >= 0.6 is 0 Å². The molecule has 8 heteroatoms. The van der Waals surface area contributed by atoms with Crippen molar-refractivity contribution in [2.24, 2.45) is 11.8 Å². The molecule has 3 aromatic heterocycles. The van der Waals surface area contributed by atoms with E-state index < -0.39 is 0 Å². The van der Waals surface area contributed by atoms with E-state index in [0.717, 1.165) is 48.6 Å². The molecule has 0 saturated heterocycles. The fourth-order valence-electron chi connectivity index (χ4n) is 4.39. The lowest BCUT2D eigenvalue weighted by atomic mass is 10.1. The summed E-state index contributed by atoms with van der Waals surface area (Å²) in [4.78, 5) is 16.9. The van der Waals surface area contributed by atoms with Crippen molar-refractivity contribution >= 4 is 10.9 Å². The maximum atomic E-state index is 12.5. The van der Waals surface area contributed by atoms with E-state index in [0.29, 0.717) is 36.1 Å². The molecular formula is C23H26N4O4. The van der Waals surface area contributed by atoms with Gasteiger partial charge in [0, 0.05) is 48.5 Å². The van der Waals surface area contributed by atoms with Crippen LogP contribution in [-0.2, 0) is 0 Å². The molecule has 2 saturated carbocycles. The van der Waals surface area contributed by atoms with Gasteiger partial charge >= 0.3 is 0 Å². The fourth-order valence-corrected chi connectivity index (χ4v) is 4.39. The second kappa shape index (κ2) is 8.26. The monoisotopic (exact) mass is 422 g/mol. The highest BCUT2D eigenvalue weighted by molar-refractivity contribution is 5.82. The number of nitrogens with zero attached hydrogens (tertiary/aromatic N) is 4. The second-order valence-corrected chi connectivity index (χ2v) is 8.66. The molecule has 2 unspecified atom stereocenters. The fraction of sp³-hybridized carbons (Fsp3) is 0.478. The van der Waals surface area contributed by atoms with Crippen LogP contribution in [0.25, 0.3) is 10.9 Å². The third kappa shape index (κ3) is 4.25. The highest BCUT2D eigenvalue weighted by Gasteiger charge is 2.27. The predicted molar refractivity (Wildman–Crippen MR) is 115 cm³/mol. The third-order valence-electron chi connectivity index (χ3n) is 6.23. The van der Waals surface area contributed by atoms with Crippen LogP contribution in [0, 0.1) is 18.8 Å². The number of hydrogen-bond acceptors (Lipinski definition) is 7. The number of pyridine rings is 2. The molecule has 2 fully saturated rings. The molecule has 31 heavy (non-hydrogen) atoms. The van der Waals surface area contributed by atoms with Crippen molar-refractivity contribution in [2.75, 3.05) is 13.2 Å². The zero-order chi connectivity index (χ0) is 21.4. The highest BCUT2D eigenvalue weighted by atomic mass is 16.5. The van der Waals surface area contributed by atoms with Gasteiger partial charge in [0.25, 0.3) is 5.56 Å². The summed E-state index contributed by atoms with van der Waals surface area (Å²) in [5, 5.41) is 18.4. The van der Waals surface area contributed by atoms with Crippen molar-refractivity contribution in [3.63, 3.8) is 0 Å². The van der Waals surface area contributed by atoms with Crippen molar-refractivity contribution in [3.8, 4) is 17.6 Å². The minimum Gasteiger partial charge on any atom is -0.476 e. The van der Waals surface area contributed by atoms with E-state index in [4.69, 9.17) is 9.47 Å². The summed E-state index contributed by atoms with van der Waals surface area (Å²) in [7, 11) is 0. The maximum Gasteiger partial charge on any atom is 0.251 e. The van der Waals surface area contributed by atoms with Crippen LogP contribution in [0.1, 0.15) is 43.7 Å². The number of aliphatic hydroxyl groups is 1. The van der Waals surface area contributed by atoms with Crippen LogP contribution in [0.15, 0.2) is 35.3 Å². The number of aryl methyl sites for hydroxylation is 1. The Morgan fingerprint density at radius 1 is 1.06 bits per heavy atom. The summed E-state index contributed by atoms with van der Waals surface area (Å²) >= 11 is 0. The summed E-state index contributed by atoms with van der Waals surface area (Å²) in [5.74, 6) is 1.97. The molecule has 0 aliphatic heterocycles. The molecule has 0 aromatic carbocycles. The number of fused-ring (bicyclic) bond motifs is 1. The van der Waals surface area contributed by atoms with Crippen molar-refractivity contribution < 1.29 is 14.6 Å². The van der Waals surface area contributed by atoms with E-state index in [2.05, 4.69) is 15.2 Å². The quantitative estimate of drug-likeness (QED) is 0.623. The Morgan fingerprint density at radius 2 is 1.84 bits per heavy atom. The van der Waals surface area contributed by atoms with Crippen LogP contribution < -0.4 is 15.0 Å². The van der Waals surface area contributed by atoms with Gasteiger partial charge in [-0.15, -0.1) is 10.2 Å². The van der Waals surface area contributed by atoms with Crippen molar-refractivity contribution in [1.82, 2.24) is 19.7 Å². The van der Waals surface area contributed by atoms with E-state index in [1.54, 1.807) is 30.5 Å². The van der Waals surface area contributed by atoms with Gasteiger partial charge in [-0.1, -0.05) is 0 Å². The predicted octanol–water partition coefficient (Wildman–Crippen LogP) is 3.41. The van der Waals surface area contributed by atoms with E-state index in [-0.39, 0.29) is 18.2 Å². The number of ether oxygens (including phenoxy) is 2. The maximum absolute atomic E-state index is 12.5. The lowest BCUT2D eigenvalue weighted by molar-refractivity contribution is 0.208. The zero-order valence-electron chi connectivity index (χ0n) is 17.5. The molecule has 8 nitrogen and oxygen atoms in total. The lowest BCUT2D eigenvalue weighted by Crippen LogP contribution is -2.19. The summed E-state index contributed by atoms with van der Waals surface area (Å²) in [6.07, 6.45) is 6.89. The number of rotatable bonds is 7. The van der Waals surface area contributed by atoms with Crippen molar-refractivity contribution in [1.29, 1.82) is 0 Å². The highest BCUT2D eigenvalue weighted by Crippen LogP contribution is 2.37. The Balaban J connectivity index is 1.29. The molecular weight excluding hydrogens is 396 g/mol. The van der Waals surface area contributed by atoms with Crippen LogP contribution in [-0.4, -0.2) is 38.1 Å². The van der Waals surface area contributed by atoms with Crippen LogP contribution in [0.3, 0.4) is 0 Å². The SMILES string of the molecule is Cc1cc(=O)n(C2CC2)c2cc(Oc3ccc(OCC4CCC(CO)C4)nn3)ncc12. The molecule has 2 aliphatic carbocycles. The van der Waals surface area contributed by atoms with E-state index in [1.165, 1.54) is 0 Å². The zero-order valence-corrected chi connectivity index (χ0v) is 17.5. The number of aliphatic hydroxyl groups excluding tert-OH is 1. The lowest BCUT2D eigenvalue weighted by Gasteiger charge is -2.12. The first kappa shape index (κ1) is 19.9. The Labute approximate surface area is 179 Å². The summed E-state index contributed by atoms with van der Waals surface area (Å²) < 4.78 is 13.4. The van der Waals surface area contributed by atoms with Gasteiger partial charge in [0.1, 0.15) is 0 Å². The molecule has 0 amide bonds. The van der Waals surface area contributed by atoms with Crippen LogP contribution in [0.2, 0.25) is 0 Å². The summed E-state index contributed by atoms with van der Waals surface area (Å²) in [5.41, 5.74) is 1.76. The van der Waals surface area contributed by atoms with Gasteiger partial charge in [-0.2, -0.15) is 0 Å². The van der Waals surface area contributed by atoms with E-state index >= 15 is 0 Å². The van der Waals surface area contributed by atoms with Crippen molar-refractivity contribution in [3.05, 3.63) is 46.4 Å². The topological polar surface area (TPSA) is 99.4 Å². The second-order valence-electron chi connectivity index (χ2n) is 8.66. The molecule has 1 N–H and O–H groups in total. The molecule has 162 valence electrons. The molecule has 3 aromatic rings. The smallest absolute Gasteiger partial charge is 0.251 e. The molecule has 0 bridgehead atoms. The first-order chi connectivity index (χ1) is 15.1. The molecule has 0 spiro atoms. The molecule has 2 aliphatic rings. The average molecular weight is 422 g/mol. The Bertz CT molecular complexity index is 1140. The minimum absolute atomic E-state index is 0.0125. The molecule has 0 radical (unpaired) electrons. The minimum atomic E-state index is 0.0125. The van der Waals surface area contributed by atoms with Gasteiger partial charge in [-0.05, 0) is 56.4 Å². The molecule has 3 heterocycles. The van der Waals surface area contributed by atoms with Gasteiger partial charge in [0.2, 0.25) is 17.6 Å². The summed E-state index contributed by atoms with van der Waals surface area (Å²) in [6, 6.07) is 7.15. The largest absolute Gasteiger partial charge is 0.476 e. The number of hydrogen-bond donors (Lipinski definition) is 1. The first-order valence-electron chi connectivity index (χ1n) is 10.9. The number of aromatic nitrogens is 4. The Hall–Kier alpha value is -3.00. The Kier molecular flexibility index (Phi) is 5.31. The van der Waals surface area contributed by atoms with E-state index in [1.807, 2.05) is 11.5 Å². The third-order valence-corrected chi connectivity index (χ3v) is 6.23. The van der Waals surface area contributed by atoms with Crippen molar-refractivity contribution in [2.45, 2.75) is 45.1 Å². The first-order valence-corrected chi connectivity index (χ1v) is 10.9. The van der Waals surface area contributed by atoms with Crippen LogP contribution in [0.4, 0.5) is 0 Å². The van der Waals surface area contributed by atoms with Crippen LogP contribution in [0.5, 0.6) is 17.6 Å². The Morgan fingerprint density at radius 3 is 2.55 bits per heavy atom. The van der Waals surface area contributed by atoms with Gasteiger partial charge in [0.15, 0.2) is 0 Å². The standard InChI is InChI=1S/C23H26N4O4/c1-14-8-23(29)27(17-4-5-17)19-10-22(24-11-18(14)19)31-21-7-6-20(25-26-21)30-13-16-3-2-15(9-16)12-28/h6-8,10-11,15-17,28H,2-5,9,12-13H2,1H3. The van der Waals surface area contributed by atoms with E-state index in [9.17, 15) is 9.90 Å². The summed E-state index contributed by atoms with van der Waals surface area (Å²) in [6.45, 7) is 2.75. The molecule has 5 rings (SSSR count).